The number of ether oxygens (including phenoxy) is 1. The molecular formula is C33H32N2O. The number of aromatic nitrogens is 2. The Morgan fingerprint density at radius 1 is 0.778 bits per heavy atom. The summed E-state index contributed by atoms with van der Waals surface area (Å²) >= 11 is 0. The number of aromatic amines is 2. The topological polar surface area (TPSA) is 40.8 Å². The zero-order valence-corrected chi connectivity index (χ0v) is 20.9. The highest BCUT2D eigenvalue weighted by molar-refractivity contribution is 5.90. The van der Waals surface area contributed by atoms with E-state index in [-0.39, 0.29) is 0 Å². The number of hydrogen-bond donors (Lipinski definition) is 2. The van der Waals surface area contributed by atoms with Crippen molar-refractivity contribution >= 4 is 21.8 Å². The first kappa shape index (κ1) is 21.7. The summed E-state index contributed by atoms with van der Waals surface area (Å²) in [4.78, 5) is 7.59. The van der Waals surface area contributed by atoms with E-state index in [0.717, 1.165) is 13.0 Å². The zero-order valence-electron chi connectivity index (χ0n) is 20.9. The fourth-order valence-corrected chi connectivity index (χ4v) is 7.17. The summed E-state index contributed by atoms with van der Waals surface area (Å²) in [6, 6.07) is 28.2. The molecule has 0 radical (unpaired) electrons. The fraction of sp³-hybridized carbons (Fsp3) is 0.273. The molecule has 3 aromatic carbocycles. The lowest BCUT2D eigenvalue weighted by Gasteiger charge is -2.36. The van der Waals surface area contributed by atoms with E-state index in [9.17, 15) is 0 Å². The quantitative estimate of drug-likeness (QED) is 0.250. The largest absolute Gasteiger partial charge is 0.376 e. The molecule has 0 aliphatic heterocycles. The minimum absolute atomic E-state index is 0.309. The first-order valence-electron chi connectivity index (χ1n) is 13.2. The fourth-order valence-electron chi connectivity index (χ4n) is 7.17. The Morgan fingerprint density at radius 2 is 1.44 bits per heavy atom. The number of fused-ring (bicyclic) bond motifs is 6. The van der Waals surface area contributed by atoms with E-state index in [2.05, 4.69) is 109 Å². The van der Waals surface area contributed by atoms with Gasteiger partial charge in [-0.15, -0.1) is 0 Å². The molecule has 2 aliphatic rings. The summed E-state index contributed by atoms with van der Waals surface area (Å²) < 4.78 is 6.42. The molecule has 3 nitrogen and oxygen atoms in total. The van der Waals surface area contributed by atoms with E-state index in [1.54, 1.807) is 0 Å². The SMILES string of the molecule is CC1=C[C@H]2c3c([nH]c4ccccc34)[C@H](c3c(C)[nH]c4ccccc34)[C@H]2[C@@H](COCc2ccccc2)C1. The standard InChI is InChI=1S/C33H32N2O/c1-20-16-23(19-36-18-22-10-4-3-5-11-22)30-26(17-20)31-25-13-7-9-15-28(25)35-33(31)32(30)29-21(2)34-27-14-8-6-12-24(27)29/h3-15,17,23,26,30,32,34-35H,16,18-19H2,1-2H3/t23-,26-,30+,32-/m1/s1. The molecule has 0 unspecified atom stereocenters. The molecule has 0 saturated carbocycles. The smallest absolute Gasteiger partial charge is 0.0717 e. The van der Waals surface area contributed by atoms with Crippen LogP contribution in [0.4, 0.5) is 0 Å². The predicted octanol–water partition coefficient (Wildman–Crippen LogP) is 7.99. The Hall–Kier alpha value is -3.56. The molecule has 5 aromatic rings. The van der Waals surface area contributed by atoms with Crippen LogP contribution in [0.2, 0.25) is 0 Å². The van der Waals surface area contributed by atoms with Crippen LogP contribution in [-0.2, 0) is 11.3 Å². The van der Waals surface area contributed by atoms with Crippen LogP contribution in [0.1, 0.15) is 53.3 Å². The predicted molar refractivity (Wildman–Crippen MR) is 147 cm³/mol. The number of rotatable bonds is 5. The maximum absolute atomic E-state index is 6.42. The highest BCUT2D eigenvalue weighted by Gasteiger charge is 2.49. The molecule has 180 valence electrons. The van der Waals surface area contributed by atoms with Crippen LogP contribution < -0.4 is 0 Å². The van der Waals surface area contributed by atoms with E-state index in [1.165, 1.54) is 55.5 Å². The minimum Gasteiger partial charge on any atom is -0.376 e. The third-order valence-electron chi connectivity index (χ3n) is 8.51. The second-order valence-corrected chi connectivity index (χ2v) is 10.8. The van der Waals surface area contributed by atoms with Gasteiger partial charge in [-0.25, -0.2) is 0 Å². The molecule has 2 heterocycles. The van der Waals surface area contributed by atoms with Gasteiger partial charge in [-0.3, -0.25) is 0 Å². The van der Waals surface area contributed by atoms with Crippen LogP contribution in [0.25, 0.3) is 21.8 Å². The van der Waals surface area contributed by atoms with Gasteiger partial charge in [-0.05, 0) is 60.9 Å². The van der Waals surface area contributed by atoms with Crippen molar-refractivity contribution in [3.63, 3.8) is 0 Å². The molecular weight excluding hydrogens is 440 g/mol. The van der Waals surface area contributed by atoms with Gasteiger partial charge >= 0.3 is 0 Å². The van der Waals surface area contributed by atoms with Gasteiger partial charge in [0.2, 0.25) is 0 Å². The normalized spacial score (nSPS) is 23.1. The van der Waals surface area contributed by atoms with E-state index >= 15 is 0 Å². The monoisotopic (exact) mass is 472 g/mol. The van der Waals surface area contributed by atoms with E-state index < -0.39 is 0 Å². The van der Waals surface area contributed by atoms with Gasteiger partial charge in [0, 0.05) is 45.0 Å². The molecule has 0 saturated heterocycles. The summed E-state index contributed by atoms with van der Waals surface area (Å²) in [5, 5.41) is 2.72. The molecule has 0 spiro atoms. The first-order chi connectivity index (χ1) is 17.7. The van der Waals surface area contributed by atoms with E-state index in [1.807, 2.05) is 0 Å². The molecule has 36 heavy (non-hydrogen) atoms. The number of para-hydroxylation sites is 2. The molecule has 0 amide bonds. The Labute approximate surface area is 212 Å². The van der Waals surface area contributed by atoms with Gasteiger partial charge in [-0.1, -0.05) is 78.4 Å². The van der Waals surface area contributed by atoms with Crippen LogP contribution >= 0.6 is 0 Å². The van der Waals surface area contributed by atoms with Crippen LogP contribution in [0, 0.1) is 18.8 Å². The lowest BCUT2D eigenvalue weighted by molar-refractivity contribution is 0.0583. The number of hydrogen-bond acceptors (Lipinski definition) is 1. The van der Waals surface area contributed by atoms with Gasteiger partial charge in [-0.2, -0.15) is 0 Å². The van der Waals surface area contributed by atoms with Gasteiger partial charge in [0.05, 0.1) is 13.2 Å². The molecule has 0 fully saturated rings. The van der Waals surface area contributed by atoms with Crippen molar-refractivity contribution in [3.05, 3.63) is 119 Å². The van der Waals surface area contributed by atoms with Crippen LogP contribution in [-0.4, -0.2) is 16.6 Å². The number of benzene rings is 3. The van der Waals surface area contributed by atoms with Crippen molar-refractivity contribution in [1.29, 1.82) is 0 Å². The number of nitrogens with one attached hydrogen (secondary N) is 2. The highest BCUT2D eigenvalue weighted by atomic mass is 16.5. The van der Waals surface area contributed by atoms with Crippen molar-refractivity contribution in [3.8, 4) is 0 Å². The lowest BCUT2D eigenvalue weighted by atomic mass is 9.68. The van der Waals surface area contributed by atoms with Gasteiger partial charge in [0.15, 0.2) is 0 Å². The van der Waals surface area contributed by atoms with Crippen molar-refractivity contribution in [2.75, 3.05) is 6.61 Å². The zero-order chi connectivity index (χ0) is 24.2. The lowest BCUT2D eigenvalue weighted by Crippen LogP contribution is -2.30. The minimum atomic E-state index is 0.309. The second kappa shape index (κ2) is 8.53. The van der Waals surface area contributed by atoms with Crippen molar-refractivity contribution in [2.45, 2.75) is 38.7 Å². The second-order valence-electron chi connectivity index (χ2n) is 10.8. The number of aryl methyl sites for hydroxylation is 1. The van der Waals surface area contributed by atoms with Crippen LogP contribution in [0.15, 0.2) is 90.5 Å². The number of allylic oxidation sites excluding steroid dienone is 2. The van der Waals surface area contributed by atoms with E-state index in [0.29, 0.717) is 30.3 Å². The maximum atomic E-state index is 6.42. The molecule has 2 aromatic heterocycles. The molecule has 2 N–H and O–H groups in total. The molecule has 2 aliphatic carbocycles. The summed E-state index contributed by atoms with van der Waals surface area (Å²) in [7, 11) is 0. The Kier molecular flexibility index (Phi) is 5.14. The molecule has 4 atom stereocenters. The molecule has 7 rings (SSSR count). The van der Waals surface area contributed by atoms with Gasteiger partial charge in [0.25, 0.3) is 0 Å². The average Bonchev–Trinajstić information content (AvgIpc) is 3.52. The van der Waals surface area contributed by atoms with Crippen LogP contribution in [0.5, 0.6) is 0 Å². The summed E-state index contributed by atoms with van der Waals surface area (Å²) in [5.41, 5.74) is 10.8. The third kappa shape index (κ3) is 3.37. The summed E-state index contributed by atoms with van der Waals surface area (Å²) in [6.45, 7) is 6.00. The van der Waals surface area contributed by atoms with Crippen molar-refractivity contribution in [2.24, 2.45) is 11.8 Å². The summed E-state index contributed by atoms with van der Waals surface area (Å²) in [5.74, 6) is 1.63. The highest BCUT2D eigenvalue weighted by Crippen LogP contribution is 2.59. The average molecular weight is 473 g/mol. The molecule has 0 bridgehead atoms. The van der Waals surface area contributed by atoms with E-state index in [4.69, 9.17) is 4.74 Å². The van der Waals surface area contributed by atoms with Gasteiger partial charge in [0.1, 0.15) is 0 Å². The van der Waals surface area contributed by atoms with Gasteiger partial charge < -0.3 is 14.7 Å². The Morgan fingerprint density at radius 3 is 2.22 bits per heavy atom. The Bertz CT molecular complexity index is 1590. The maximum Gasteiger partial charge on any atom is 0.0717 e. The first-order valence-corrected chi connectivity index (χ1v) is 13.2. The number of H-pyrrole nitrogens is 2. The summed E-state index contributed by atoms with van der Waals surface area (Å²) in [6.07, 6.45) is 3.65. The third-order valence-corrected chi connectivity index (χ3v) is 8.51. The van der Waals surface area contributed by atoms with Crippen molar-refractivity contribution in [1.82, 2.24) is 9.97 Å². The molecule has 3 heteroatoms. The Balaban J connectivity index is 1.35. The van der Waals surface area contributed by atoms with Crippen LogP contribution in [0.3, 0.4) is 0 Å². The van der Waals surface area contributed by atoms with Crippen molar-refractivity contribution < 1.29 is 4.74 Å².